The van der Waals surface area contributed by atoms with E-state index in [2.05, 4.69) is 24.0 Å². The standard InChI is InChI=1S/C9H16ClN3O2S/c1-4-13-8(6-5-7(2)3)11-12-9(13)16(10,14)15/h7H,4-6H2,1-3H3. The van der Waals surface area contributed by atoms with Crippen LogP contribution >= 0.6 is 10.7 Å². The van der Waals surface area contributed by atoms with Gasteiger partial charge >= 0.3 is 0 Å². The topological polar surface area (TPSA) is 64.8 Å². The van der Waals surface area contributed by atoms with Crippen LogP contribution in [0.3, 0.4) is 0 Å². The van der Waals surface area contributed by atoms with Crippen LogP contribution < -0.4 is 0 Å². The van der Waals surface area contributed by atoms with Crippen molar-refractivity contribution in [2.45, 2.75) is 45.3 Å². The fourth-order valence-corrected chi connectivity index (χ4v) is 2.40. The van der Waals surface area contributed by atoms with Gasteiger partial charge in [0, 0.05) is 23.6 Å². The van der Waals surface area contributed by atoms with Crippen LogP contribution in [0.15, 0.2) is 5.16 Å². The summed E-state index contributed by atoms with van der Waals surface area (Å²) in [6, 6.07) is 0. The monoisotopic (exact) mass is 265 g/mol. The number of nitrogens with zero attached hydrogens (tertiary/aromatic N) is 3. The van der Waals surface area contributed by atoms with E-state index in [1.165, 1.54) is 0 Å². The molecule has 0 aromatic carbocycles. The third-order valence-corrected chi connectivity index (χ3v) is 3.43. The Balaban J connectivity index is 3.00. The second kappa shape index (κ2) is 5.14. The molecule has 92 valence electrons. The average Bonchev–Trinajstić information content (AvgIpc) is 2.56. The molecule has 16 heavy (non-hydrogen) atoms. The first-order chi connectivity index (χ1) is 7.36. The molecule has 0 N–H and O–H groups in total. The summed E-state index contributed by atoms with van der Waals surface area (Å²) in [4.78, 5) is 0. The molecular formula is C9H16ClN3O2S. The molecule has 0 saturated carbocycles. The Morgan fingerprint density at radius 2 is 2.00 bits per heavy atom. The molecule has 0 amide bonds. The summed E-state index contributed by atoms with van der Waals surface area (Å²) in [5.74, 6) is 1.22. The van der Waals surface area contributed by atoms with Crippen molar-refractivity contribution in [1.29, 1.82) is 0 Å². The maximum absolute atomic E-state index is 11.2. The van der Waals surface area contributed by atoms with Gasteiger partial charge in [0.2, 0.25) is 0 Å². The highest BCUT2D eigenvalue weighted by molar-refractivity contribution is 8.13. The lowest BCUT2D eigenvalue weighted by atomic mass is 10.1. The van der Waals surface area contributed by atoms with Gasteiger partial charge in [0.1, 0.15) is 5.82 Å². The van der Waals surface area contributed by atoms with Crippen molar-refractivity contribution in [3.8, 4) is 0 Å². The highest BCUT2D eigenvalue weighted by Gasteiger charge is 2.21. The van der Waals surface area contributed by atoms with Crippen LogP contribution in [0.4, 0.5) is 0 Å². The fourth-order valence-electron chi connectivity index (χ4n) is 1.42. The first-order valence-corrected chi connectivity index (χ1v) is 7.54. The van der Waals surface area contributed by atoms with E-state index in [0.717, 1.165) is 6.42 Å². The predicted octanol–water partition coefficient (Wildman–Crippen LogP) is 1.81. The molecule has 1 rings (SSSR count). The highest BCUT2D eigenvalue weighted by Crippen LogP contribution is 2.15. The van der Waals surface area contributed by atoms with E-state index in [9.17, 15) is 8.42 Å². The van der Waals surface area contributed by atoms with Crippen molar-refractivity contribution >= 4 is 19.7 Å². The second-order valence-electron chi connectivity index (χ2n) is 4.01. The minimum Gasteiger partial charge on any atom is -0.301 e. The zero-order chi connectivity index (χ0) is 12.3. The zero-order valence-electron chi connectivity index (χ0n) is 9.64. The van der Waals surface area contributed by atoms with E-state index in [1.807, 2.05) is 6.92 Å². The smallest absolute Gasteiger partial charge is 0.296 e. The first-order valence-electron chi connectivity index (χ1n) is 5.23. The number of aryl methyl sites for hydroxylation is 1. The molecule has 1 aromatic heterocycles. The summed E-state index contributed by atoms with van der Waals surface area (Å²) in [5.41, 5.74) is 0. The van der Waals surface area contributed by atoms with Gasteiger partial charge in [-0.25, -0.2) is 8.42 Å². The molecule has 0 aliphatic rings. The Hall–Kier alpha value is -0.620. The third kappa shape index (κ3) is 3.18. The number of aromatic nitrogens is 3. The molecular weight excluding hydrogens is 250 g/mol. The minimum absolute atomic E-state index is 0.157. The zero-order valence-corrected chi connectivity index (χ0v) is 11.2. The van der Waals surface area contributed by atoms with Gasteiger partial charge in [0.25, 0.3) is 14.2 Å². The predicted molar refractivity (Wildman–Crippen MR) is 61.9 cm³/mol. The molecule has 0 fully saturated rings. The van der Waals surface area contributed by atoms with Crippen molar-refractivity contribution in [2.75, 3.05) is 0 Å². The molecule has 0 saturated heterocycles. The van der Waals surface area contributed by atoms with E-state index < -0.39 is 9.05 Å². The maximum atomic E-state index is 11.2. The number of hydrogen-bond donors (Lipinski definition) is 0. The van der Waals surface area contributed by atoms with Gasteiger partial charge in [-0.15, -0.1) is 10.2 Å². The van der Waals surface area contributed by atoms with Gasteiger partial charge < -0.3 is 4.57 Å². The molecule has 0 atom stereocenters. The first kappa shape index (κ1) is 13.4. The molecule has 7 heteroatoms. The molecule has 1 heterocycles. The number of halogens is 1. The summed E-state index contributed by atoms with van der Waals surface area (Å²) in [5, 5.41) is 7.35. The van der Waals surface area contributed by atoms with Crippen molar-refractivity contribution in [3.05, 3.63) is 5.82 Å². The molecule has 0 spiro atoms. The lowest BCUT2D eigenvalue weighted by Gasteiger charge is -2.06. The molecule has 0 unspecified atom stereocenters. The second-order valence-corrected chi connectivity index (χ2v) is 6.47. The average molecular weight is 266 g/mol. The van der Waals surface area contributed by atoms with Gasteiger partial charge in [-0.05, 0) is 19.3 Å². The Kier molecular flexibility index (Phi) is 4.32. The lowest BCUT2D eigenvalue weighted by molar-refractivity contribution is 0.542. The van der Waals surface area contributed by atoms with Gasteiger partial charge in [0.15, 0.2) is 0 Å². The number of rotatable bonds is 5. The van der Waals surface area contributed by atoms with Crippen LogP contribution in [-0.4, -0.2) is 23.2 Å². The number of hydrogen-bond acceptors (Lipinski definition) is 4. The fraction of sp³-hybridized carbons (Fsp3) is 0.778. The Morgan fingerprint density at radius 1 is 1.38 bits per heavy atom. The van der Waals surface area contributed by atoms with Crippen LogP contribution in [0.2, 0.25) is 0 Å². The summed E-state index contributed by atoms with van der Waals surface area (Å²) >= 11 is 0. The molecule has 0 aliphatic carbocycles. The largest absolute Gasteiger partial charge is 0.301 e. The quantitative estimate of drug-likeness (QED) is 0.762. The van der Waals surface area contributed by atoms with Crippen molar-refractivity contribution in [1.82, 2.24) is 14.8 Å². The summed E-state index contributed by atoms with van der Waals surface area (Å²) in [6.45, 7) is 6.55. The van der Waals surface area contributed by atoms with Crippen molar-refractivity contribution in [2.24, 2.45) is 5.92 Å². The normalized spacial score (nSPS) is 12.3. The van der Waals surface area contributed by atoms with E-state index in [1.54, 1.807) is 4.57 Å². The van der Waals surface area contributed by atoms with Gasteiger partial charge in [-0.3, -0.25) is 0 Å². The van der Waals surface area contributed by atoms with Gasteiger partial charge in [0.05, 0.1) is 0 Å². The molecule has 5 nitrogen and oxygen atoms in total. The van der Waals surface area contributed by atoms with E-state index >= 15 is 0 Å². The van der Waals surface area contributed by atoms with E-state index in [4.69, 9.17) is 10.7 Å². The van der Waals surface area contributed by atoms with Gasteiger partial charge in [-0.1, -0.05) is 13.8 Å². The molecule has 0 aliphatic heterocycles. The minimum atomic E-state index is -3.80. The molecule has 0 radical (unpaired) electrons. The van der Waals surface area contributed by atoms with Crippen molar-refractivity contribution < 1.29 is 8.42 Å². The van der Waals surface area contributed by atoms with Crippen LogP contribution in [-0.2, 0) is 22.0 Å². The summed E-state index contributed by atoms with van der Waals surface area (Å²) < 4.78 is 24.0. The lowest BCUT2D eigenvalue weighted by Crippen LogP contribution is -2.09. The molecule has 1 aromatic rings. The summed E-state index contributed by atoms with van der Waals surface area (Å²) in [7, 11) is 1.47. The SMILES string of the molecule is CCn1c(CCC(C)C)nnc1S(=O)(=O)Cl. The van der Waals surface area contributed by atoms with Crippen LogP contribution in [0, 0.1) is 5.92 Å². The third-order valence-electron chi connectivity index (χ3n) is 2.27. The highest BCUT2D eigenvalue weighted by atomic mass is 35.7. The van der Waals surface area contributed by atoms with Crippen LogP contribution in [0.1, 0.15) is 33.0 Å². The maximum Gasteiger partial charge on any atom is 0.296 e. The van der Waals surface area contributed by atoms with Crippen LogP contribution in [0.5, 0.6) is 0 Å². The van der Waals surface area contributed by atoms with E-state index in [-0.39, 0.29) is 5.16 Å². The Bertz CT molecular complexity index is 453. The molecule has 0 bridgehead atoms. The van der Waals surface area contributed by atoms with E-state index in [0.29, 0.717) is 24.7 Å². The summed E-state index contributed by atoms with van der Waals surface area (Å²) in [6.07, 6.45) is 1.66. The Morgan fingerprint density at radius 3 is 2.44 bits per heavy atom. The van der Waals surface area contributed by atoms with Crippen molar-refractivity contribution in [3.63, 3.8) is 0 Å². The van der Waals surface area contributed by atoms with Gasteiger partial charge in [-0.2, -0.15) is 0 Å². The van der Waals surface area contributed by atoms with Crippen LogP contribution in [0.25, 0.3) is 0 Å². The Labute approximate surface area is 100 Å².